The molecular weight excluding hydrogens is 526 g/mol. The number of aromatic nitrogens is 5. The number of allylic oxidation sites excluding steroid dienone is 1. The quantitative estimate of drug-likeness (QED) is 0.308. The summed E-state index contributed by atoms with van der Waals surface area (Å²) < 4.78 is 3.32. The van der Waals surface area contributed by atoms with Crippen molar-refractivity contribution in [2.45, 2.75) is 83.4 Å². The van der Waals surface area contributed by atoms with Crippen molar-refractivity contribution in [1.29, 1.82) is 0 Å². The summed E-state index contributed by atoms with van der Waals surface area (Å²) in [5.74, 6) is 0.963. The minimum absolute atomic E-state index is 0.196. The van der Waals surface area contributed by atoms with Gasteiger partial charge in [0, 0.05) is 30.4 Å². The second-order valence-electron chi connectivity index (χ2n) is 12.5. The van der Waals surface area contributed by atoms with E-state index in [4.69, 9.17) is 9.97 Å². The Balaban J connectivity index is 1.33. The van der Waals surface area contributed by atoms with Gasteiger partial charge in [0.05, 0.1) is 12.2 Å². The molecule has 0 spiro atoms. The van der Waals surface area contributed by atoms with Gasteiger partial charge in [0.15, 0.2) is 11.5 Å². The SMILES string of the molecule is C=CCn1c(=O)c2cnc(Nc3cc4c5c(c3)CN(CC)C[C@]5(C)CCC4)nc2n1-c1ccc2c(n1)[C@](O)(CC)CC2. The van der Waals surface area contributed by atoms with E-state index in [2.05, 4.69) is 47.8 Å². The van der Waals surface area contributed by atoms with Crippen LogP contribution in [0.25, 0.3) is 16.9 Å². The lowest BCUT2D eigenvalue weighted by Gasteiger charge is -2.46. The Bertz CT molecular complexity index is 1790. The van der Waals surface area contributed by atoms with Gasteiger partial charge in [0.1, 0.15) is 11.0 Å². The van der Waals surface area contributed by atoms with E-state index in [1.807, 2.05) is 19.1 Å². The number of likely N-dealkylation sites (N-methyl/N-ethyl adjacent to an activating group) is 1. The van der Waals surface area contributed by atoms with Crippen LogP contribution in [0.15, 0.2) is 47.9 Å². The van der Waals surface area contributed by atoms with Crippen molar-refractivity contribution < 1.29 is 5.11 Å². The third kappa shape index (κ3) is 4.13. The molecule has 9 heteroatoms. The van der Waals surface area contributed by atoms with Crippen LogP contribution in [0.3, 0.4) is 0 Å². The normalized spacial score (nSPS) is 23.1. The van der Waals surface area contributed by atoms with Gasteiger partial charge in [-0.05, 0) is 85.5 Å². The number of hydrogen-bond acceptors (Lipinski definition) is 7. The highest BCUT2D eigenvalue weighted by atomic mass is 16.3. The van der Waals surface area contributed by atoms with Crippen LogP contribution in [0.2, 0.25) is 0 Å². The zero-order valence-corrected chi connectivity index (χ0v) is 24.8. The Morgan fingerprint density at radius 2 is 1.95 bits per heavy atom. The highest BCUT2D eigenvalue weighted by Crippen LogP contribution is 2.45. The highest BCUT2D eigenvalue weighted by Gasteiger charge is 2.39. The van der Waals surface area contributed by atoms with Gasteiger partial charge in [0.25, 0.3) is 5.56 Å². The number of anilines is 2. The molecule has 0 saturated carbocycles. The van der Waals surface area contributed by atoms with Gasteiger partial charge in [-0.25, -0.2) is 19.3 Å². The zero-order chi connectivity index (χ0) is 29.2. The maximum Gasteiger partial charge on any atom is 0.278 e. The Labute approximate surface area is 245 Å². The summed E-state index contributed by atoms with van der Waals surface area (Å²) in [5, 5.41) is 15.1. The second kappa shape index (κ2) is 9.88. The third-order valence-electron chi connectivity index (χ3n) is 9.74. The van der Waals surface area contributed by atoms with Crippen molar-refractivity contribution in [3.05, 3.63) is 81.4 Å². The average molecular weight is 566 g/mol. The molecule has 2 atom stereocenters. The Kier molecular flexibility index (Phi) is 6.36. The van der Waals surface area contributed by atoms with E-state index in [1.165, 1.54) is 29.5 Å². The molecule has 0 bridgehead atoms. The van der Waals surface area contributed by atoms with Crippen LogP contribution >= 0.6 is 0 Å². The minimum Gasteiger partial charge on any atom is -0.384 e. The number of nitrogens with zero attached hydrogens (tertiary/aromatic N) is 6. The lowest BCUT2D eigenvalue weighted by molar-refractivity contribution is 0.0306. The molecule has 0 unspecified atom stereocenters. The first-order valence-corrected chi connectivity index (χ1v) is 15.2. The van der Waals surface area contributed by atoms with E-state index in [-0.39, 0.29) is 17.5 Å². The summed E-state index contributed by atoms with van der Waals surface area (Å²) in [6.07, 6.45) is 8.79. The lowest BCUT2D eigenvalue weighted by Crippen LogP contribution is -2.45. The molecule has 218 valence electrons. The van der Waals surface area contributed by atoms with Crippen LogP contribution in [0, 0.1) is 0 Å². The molecule has 2 N–H and O–H groups in total. The monoisotopic (exact) mass is 565 g/mol. The van der Waals surface area contributed by atoms with Crippen molar-refractivity contribution >= 4 is 22.7 Å². The van der Waals surface area contributed by atoms with Gasteiger partial charge in [0.2, 0.25) is 5.95 Å². The van der Waals surface area contributed by atoms with Crippen molar-refractivity contribution in [2.75, 3.05) is 18.4 Å². The summed E-state index contributed by atoms with van der Waals surface area (Å²) in [5.41, 5.74) is 6.52. The molecule has 0 fully saturated rings. The van der Waals surface area contributed by atoms with E-state index in [1.54, 1.807) is 21.6 Å². The fourth-order valence-electron chi connectivity index (χ4n) is 7.65. The van der Waals surface area contributed by atoms with Crippen molar-refractivity contribution in [3.63, 3.8) is 0 Å². The van der Waals surface area contributed by atoms with E-state index in [0.29, 0.717) is 41.3 Å². The van der Waals surface area contributed by atoms with E-state index < -0.39 is 5.60 Å². The Morgan fingerprint density at radius 1 is 1.12 bits per heavy atom. The van der Waals surface area contributed by atoms with Gasteiger partial charge in [-0.1, -0.05) is 32.9 Å². The molecule has 0 amide bonds. The van der Waals surface area contributed by atoms with Gasteiger partial charge >= 0.3 is 0 Å². The highest BCUT2D eigenvalue weighted by molar-refractivity contribution is 5.77. The summed E-state index contributed by atoms with van der Waals surface area (Å²) in [7, 11) is 0. The van der Waals surface area contributed by atoms with Crippen LogP contribution in [-0.2, 0) is 36.9 Å². The van der Waals surface area contributed by atoms with Gasteiger partial charge in [-0.3, -0.25) is 9.69 Å². The molecule has 3 aromatic heterocycles. The molecule has 7 rings (SSSR count). The molecule has 3 aliphatic rings. The fraction of sp³-hybridized carbons (Fsp3) is 0.455. The first-order valence-electron chi connectivity index (χ1n) is 15.2. The molecule has 42 heavy (non-hydrogen) atoms. The fourth-order valence-corrected chi connectivity index (χ4v) is 7.65. The maximum atomic E-state index is 13.5. The average Bonchev–Trinajstić information content (AvgIpc) is 3.46. The molecule has 0 radical (unpaired) electrons. The van der Waals surface area contributed by atoms with E-state index in [9.17, 15) is 9.90 Å². The summed E-state index contributed by atoms with van der Waals surface area (Å²) in [6.45, 7) is 13.9. The maximum absolute atomic E-state index is 13.5. The van der Waals surface area contributed by atoms with Crippen molar-refractivity contribution in [2.24, 2.45) is 0 Å². The lowest BCUT2D eigenvalue weighted by atomic mass is 9.67. The molecule has 9 nitrogen and oxygen atoms in total. The van der Waals surface area contributed by atoms with Crippen molar-refractivity contribution in [3.8, 4) is 5.82 Å². The van der Waals surface area contributed by atoms with Crippen LogP contribution in [0.1, 0.15) is 74.4 Å². The zero-order valence-electron chi connectivity index (χ0n) is 24.8. The molecule has 1 aromatic carbocycles. The number of fused-ring (bicyclic) bond motifs is 2. The van der Waals surface area contributed by atoms with Crippen LogP contribution in [0.4, 0.5) is 11.6 Å². The Morgan fingerprint density at radius 3 is 2.74 bits per heavy atom. The van der Waals surface area contributed by atoms with Gasteiger partial charge < -0.3 is 10.4 Å². The number of benzene rings is 1. The first-order chi connectivity index (χ1) is 20.3. The summed E-state index contributed by atoms with van der Waals surface area (Å²) >= 11 is 0. The number of pyridine rings is 1. The largest absolute Gasteiger partial charge is 0.384 e. The second-order valence-corrected chi connectivity index (χ2v) is 12.5. The molecule has 2 aliphatic carbocycles. The summed E-state index contributed by atoms with van der Waals surface area (Å²) in [6, 6.07) is 8.42. The predicted molar refractivity (Wildman–Crippen MR) is 165 cm³/mol. The van der Waals surface area contributed by atoms with E-state index >= 15 is 0 Å². The topological polar surface area (TPSA) is 101 Å². The number of aryl methyl sites for hydroxylation is 2. The van der Waals surface area contributed by atoms with Gasteiger partial charge in [-0.15, -0.1) is 6.58 Å². The third-order valence-corrected chi connectivity index (χ3v) is 9.74. The van der Waals surface area contributed by atoms with E-state index in [0.717, 1.165) is 43.7 Å². The van der Waals surface area contributed by atoms with Crippen LogP contribution in [0.5, 0.6) is 0 Å². The molecule has 0 saturated heterocycles. The predicted octanol–water partition coefficient (Wildman–Crippen LogP) is 4.88. The summed E-state index contributed by atoms with van der Waals surface area (Å²) in [4.78, 5) is 30.4. The minimum atomic E-state index is -0.963. The number of hydrogen-bond donors (Lipinski definition) is 2. The first kappa shape index (κ1) is 27.0. The number of aliphatic hydroxyl groups is 1. The molecular formula is C33H39N7O2. The van der Waals surface area contributed by atoms with Crippen molar-refractivity contribution in [1.82, 2.24) is 29.2 Å². The number of rotatable bonds is 7. The smallest absolute Gasteiger partial charge is 0.278 e. The van der Waals surface area contributed by atoms with Gasteiger partial charge in [-0.2, -0.15) is 4.98 Å². The molecule has 4 heterocycles. The molecule has 1 aliphatic heterocycles. The standard InChI is InChI=1S/C33H39N7O2/c1-5-15-39-30(41)25-18-34-31(37-29(25)40(39)26-11-10-21-12-14-33(42,6-2)28(21)36-26)35-24-16-22-9-8-13-32(4)20-38(7-3)19-23(17-24)27(22)32/h5,10-11,16-18,42H,1,6-9,12-15,19-20H2,2-4H3,(H,34,35,37)/t32-,33-/m0/s1. The van der Waals surface area contributed by atoms with Crippen LogP contribution in [-0.4, -0.2) is 47.4 Å². The Hall–Kier alpha value is -3.82. The number of nitrogens with one attached hydrogen (secondary N) is 1. The molecule has 4 aromatic rings. The van der Waals surface area contributed by atoms with Crippen LogP contribution < -0.4 is 10.9 Å².